The predicted molar refractivity (Wildman–Crippen MR) is 96.2 cm³/mol. The normalized spacial score (nSPS) is 13.2. The minimum Gasteiger partial charge on any atom is -0.361 e. The summed E-state index contributed by atoms with van der Waals surface area (Å²) in [7, 11) is -3.47. The molecule has 132 valence electrons. The monoisotopic (exact) mass is 369 g/mol. The van der Waals surface area contributed by atoms with Crippen LogP contribution in [0.4, 0.5) is 0 Å². The summed E-state index contributed by atoms with van der Waals surface area (Å²) in [6, 6.07) is 8.19. The smallest absolute Gasteiger partial charge is 0.183 e. The first-order valence-corrected chi connectivity index (χ1v) is 9.76. The van der Waals surface area contributed by atoms with Crippen LogP contribution in [-0.4, -0.2) is 18.3 Å². The molecule has 24 heavy (non-hydrogen) atoms. The lowest BCUT2D eigenvalue weighted by Crippen LogP contribution is -2.32. The average Bonchev–Trinajstić information content (AvgIpc) is 2.94. The van der Waals surface area contributed by atoms with Crippen LogP contribution in [0.5, 0.6) is 0 Å². The van der Waals surface area contributed by atoms with Gasteiger partial charge in [0.2, 0.25) is 0 Å². The van der Waals surface area contributed by atoms with Gasteiger partial charge in [-0.2, -0.15) is 0 Å². The highest BCUT2D eigenvalue weighted by Crippen LogP contribution is 2.31. The van der Waals surface area contributed by atoms with Gasteiger partial charge in [-0.05, 0) is 44.5 Å². The van der Waals surface area contributed by atoms with E-state index in [1.165, 1.54) is 0 Å². The summed E-state index contributed by atoms with van der Waals surface area (Å²) in [6.45, 7) is 9.65. The topological polar surface area (TPSA) is 60.2 Å². The minimum atomic E-state index is -3.47. The molecule has 0 aliphatic heterocycles. The zero-order valence-corrected chi connectivity index (χ0v) is 16.3. The second-order valence-corrected chi connectivity index (χ2v) is 10.7. The van der Waals surface area contributed by atoms with E-state index in [1.54, 1.807) is 38.1 Å². The van der Waals surface area contributed by atoms with E-state index in [4.69, 9.17) is 16.1 Å². The number of rotatable bonds is 5. The lowest BCUT2D eigenvalue weighted by molar-refractivity contribution is 0.358. The number of aryl methyl sites for hydroxylation is 1. The van der Waals surface area contributed by atoms with Gasteiger partial charge in [0.05, 0.1) is 15.3 Å². The van der Waals surface area contributed by atoms with Crippen molar-refractivity contribution in [3.63, 3.8) is 0 Å². The van der Waals surface area contributed by atoms with Crippen LogP contribution in [0, 0.1) is 0 Å². The van der Waals surface area contributed by atoms with E-state index in [0.717, 1.165) is 5.69 Å². The van der Waals surface area contributed by atoms with Crippen molar-refractivity contribution in [3.05, 3.63) is 46.8 Å². The minimum absolute atomic E-state index is 0.0906. The van der Waals surface area contributed by atoms with Gasteiger partial charge in [-0.25, -0.2) is 8.42 Å². The van der Waals surface area contributed by atoms with Gasteiger partial charge in [-0.1, -0.05) is 37.5 Å². The maximum absolute atomic E-state index is 12.9. The van der Waals surface area contributed by atoms with E-state index >= 15 is 0 Å². The Bertz CT molecular complexity index is 800. The molecule has 2 rings (SSSR count). The first-order valence-electron chi connectivity index (χ1n) is 7.90. The second kappa shape index (κ2) is 6.52. The number of aromatic nitrogens is 1. The molecule has 1 aromatic carbocycles. The summed E-state index contributed by atoms with van der Waals surface area (Å²) in [4.78, 5) is 0.282. The lowest BCUT2D eigenvalue weighted by Gasteiger charge is -2.24. The molecule has 4 nitrogen and oxygen atoms in total. The van der Waals surface area contributed by atoms with Gasteiger partial charge in [0.15, 0.2) is 9.84 Å². The number of halogens is 1. The van der Waals surface area contributed by atoms with Crippen molar-refractivity contribution in [1.29, 1.82) is 0 Å². The SMILES string of the molecule is CC(C)(C)c1cc(CCC(C)(C)S(=O)(=O)c2ccc(Cl)cc2)on1. The zero-order chi connectivity index (χ0) is 18.2. The molecule has 1 aromatic heterocycles. The highest BCUT2D eigenvalue weighted by molar-refractivity contribution is 7.92. The maximum Gasteiger partial charge on any atom is 0.183 e. The molecule has 0 amide bonds. The quantitative estimate of drug-likeness (QED) is 0.758. The molecule has 1 heterocycles. The van der Waals surface area contributed by atoms with E-state index in [2.05, 4.69) is 25.9 Å². The Hall–Kier alpha value is -1.33. The maximum atomic E-state index is 12.9. The van der Waals surface area contributed by atoms with Crippen LogP contribution in [0.25, 0.3) is 0 Å². The highest BCUT2D eigenvalue weighted by atomic mass is 35.5. The van der Waals surface area contributed by atoms with Crippen LogP contribution in [0.3, 0.4) is 0 Å². The van der Waals surface area contributed by atoms with E-state index in [1.807, 2.05) is 6.07 Å². The standard InChI is InChI=1S/C18H24ClNO3S/c1-17(2,3)16-12-14(23-20-16)10-11-18(4,5)24(21,22)15-8-6-13(19)7-9-15/h6-9,12H,10-11H2,1-5H3. The average molecular weight is 370 g/mol. The molecule has 0 unspecified atom stereocenters. The van der Waals surface area contributed by atoms with Crippen LogP contribution in [-0.2, 0) is 21.7 Å². The van der Waals surface area contributed by atoms with Crippen LogP contribution in [0.2, 0.25) is 5.02 Å². The van der Waals surface area contributed by atoms with Crippen molar-refractivity contribution in [2.45, 2.75) is 62.5 Å². The molecular formula is C18H24ClNO3S. The third-order valence-corrected chi connectivity index (χ3v) is 6.96. The van der Waals surface area contributed by atoms with Crippen LogP contribution >= 0.6 is 11.6 Å². The van der Waals surface area contributed by atoms with Crippen molar-refractivity contribution < 1.29 is 12.9 Å². The summed E-state index contributed by atoms with van der Waals surface area (Å²) in [5.41, 5.74) is 0.781. The molecule has 0 bridgehead atoms. The van der Waals surface area contributed by atoms with Crippen molar-refractivity contribution >= 4 is 21.4 Å². The Labute approximate surface area is 149 Å². The summed E-state index contributed by atoms with van der Waals surface area (Å²) in [5.74, 6) is 0.708. The molecule has 0 N–H and O–H groups in total. The Morgan fingerprint density at radius 2 is 1.67 bits per heavy atom. The third kappa shape index (κ3) is 4.01. The van der Waals surface area contributed by atoms with Crippen LogP contribution < -0.4 is 0 Å². The fourth-order valence-corrected chi connectivity index (χ4v) is 3.90. The van der Waals surface area contributed by atoms with Gasteiger partial charge >= 0.3 is 0 Å². The molecule has 0 aliphatic rings. The Balaban J connectivity index is 2.15. The van der Waals surface area contributed by atoms with Gasteiger partial charge in [0.1, 0.15) is 5.76 Å². The van der Waals surface area contributed by atoms with Crippen molar-refractivity contribution in [1.82, 2.24) is 5.16 Å². The molecule has 0 saturated heterocycles. The van der Waals surface area contributed by atoms with Crippen molar-refractivity contribution in [2.75, 3.05) is 0 Å². The largest absolute Gasteiger partial charge is 0.361 e. The molecule has 0 fully saturated rings. The third-order valence-electron chi connectivity index (χ3n) is 4.15. The summed E-state index contributed by atoms with van der Waals surface area (Å²) in [5, 5.41) is 4.60. The fraction of sp³-hybridized carbons (Fsp3) is 0.500. The second-order valence-electron chi connectivity index (χ2n) is 7.65. The first-order chi connectivity index (χ1) is 10.9. The summed E-state index contributed by atoms with van der Waals surface area (Å²) >= 11 is 5.84. The lowest BCUT2D eigenvalue weighted by atomic mass is 9.92. The van der Waals surface area contributed by atoms with Crippen LogP contribution in [0.15, 0.2) is 39.8 Å². The predicted octanol–water partition coefficient (Wildman–Crippen LogP) is 4.81. The van der Waals surface area contributed by atoms with Gasteiger partial charge in [-0.15, -0.1) is 0 Å². The van der Waals surface area contributed by atoms with Gasteiger partial charge in [-0.3, -0.25) is 0 Å². The van der Waals surface area contributed by atoms with Gasteiger partial charge < -0.3 is 4.52 Å². The van der Waals surface area contributed by atoms with Crippen molar-refractivity contribution in [3.8, 4) is 0 Å². The molecule has 6 heteroatoms. The van der Waals surface area contributed by atoms with Gasteiger partial charge in [0, 0.05) is 22.9 Å². The molecule has 0 atom stereocenters. The molecule has 2 aromatic rings. The fourth-order valence-electron chi connectivity index (χ4n) is 2.28. The molecule has 0 saturated carbocycles. The van der Waals surface area contributed by atoms with Crippen LogP contribution in [0.1, 0.15) is 52.5 Å². The highest BCUT2D eigenvalue weighted by Gasteiger charge is 2.35. The number of hydrogen-bond donors (Lipinski definition) is 0. The summed E-state index contributed by atoms with van der Waals surface area (Å²) < 4.78 is 30.2. The molecule has 0 radical (unpaired) electrons. The Morgan fingerprint density at radius 1 is 1.08 bits per heavy atom. The van der Waals surface area contributed by atoms with Crippen molar-refractivity contribution in [2.24, 2.45) is 0 Å². The Kier molecular flexibility index (Phi) is 5.17. The molecule has 0 spiro atoms. The number of benzene rings is 1. The molecule has 0 aliphatic carbocycles. The number of sulfone groups is 1. The van der Waals surface area contributed by atoms with Gasteiger partial charge in [0.25, 0.3) is 0 Å². The number of hydrogen-bond acceptors (Lipinski definition) is 4. The van der Waals surface area contributed by atoms with E-state index in [-0.39, 0.29) is 10.3 Å². The Morgan fingerprint density at radius 3 is 2.17 bits per heavy atom. The number of nitrogens with zero attached hydrogens (tertiary/aromatic N) is 1. The van der Waals surface area contributed by atoms with E-state index < -0.39 is 14.6 Å². The zero-order valence-electron chi connectivity index (χ0n) is 14.8. The van der Waals surface area contributed by atoms with E-state index in [9.17, 15) is 8.42 Å². The molecular weight excluding hydrogens is 346 g/mol. The summed E-state index contributed by atoms with van der Waals surface area (Å²) in [6.07, 6.45) is 0.958. The first kappa shape index (κ1) is 19.0. The van der Waals surface area contributed by atoms with E-state index in [0.29, 0.717) is 23.6 Å².